The molecular weight excluding hydrogens is 168 g/mol. The highest BCUT2D eigenvalue weighted by Gasteiger charge is 1.98. The Balaban J connectivity index is 2.45. The van der Waals surface area contributed by atoms with Gasteiger partial charge < -0.3 is 4.98 Å². The zero-order chi connectivity index (χ0) is 8.39. The molecule has 2 rings (SSSR count). The lowest BCUT2D eigenvalue weighted by Crippen LogP contribution is -1.79. The summed E-state index contributed by atoms with van der Waals surface area (Å²) in [5, 5.41) is 0. The molecule has 0 aromatic carbocycles. The van der Waals surface area contributed by atoms with Gasteiger partial charge in [-0.05, 0) is 18.2 Å². The minimum Gasteiger partial charge on any atom is -0.359 e. The van der Waals surface area contributed by atoms with Crippen LogP contribution in [0.15, 0.2) is 41.6 Å². The number of thiol groups is 1. The Hall–Kier alpha value is -1.22. The third-order valence-corrected chi connectivity index (χ3v) is 1.87. The van der Waals surface area contributed by atoms with Crippen LogP contribution in [-0.4, -0.2) is 9.97 Å². The van der Waals surface area contributed by atoms with E-state index in [1.54, 1.807) is 6.20 Å². The van der Waals surface area contributed by atoms with Crippen LogP contribution in [0.2, 0.25) is 0 Å². The second-order valence-electron chi connectivity index (χ2n) is 2.49. The molecule has 2 nitrogen and oxygen atoms in total. The maximum atomic E-state index is 4.20. The number of H-pyrrole nitrogens is 1. The van der Waals surface area contributed by atoms with Crippen molar-refractivity contribution in [1.29, 1.82) is 0 Å². The van der Waals surface area contributed by atoms with Crippen molar-refractivity contribution in [2.24, 2.45) is 0 Å². The average Bonchev–Trinajstić information content (AvgIpc) is 2.54. The van der Waals surface area contributed by atoms with Crippen LogP contribution in [0.25, 0.3) is 11.4 Å². The molecule has 0 aliphatic heterocycles. The molecule has 0 amide bonds. The van der Waals surface area contributed by atoms with Gasteiger partial charge in [-0.15, -0.1) is 12.6 Å². The molecule has 0 atom stereocenters. The van der Waals surface area contributed by atoms with E-state index in [2.05, 4.69) is 22.6 Å². The molecule has 2 aromatic rings. The normalized spacial score (nSPS) is 10.1. The van der Waals surface area contributed by atoms with Gasteiger partial charge in [0.25, 0.3) is 0 Å². The minimum atomic E-state index is 0.927. The van der Waals surface area contributed by atoms with Gasteiger partial charge in [-0.1, -0.05) is 6.07 Å². The van der Waals surface area contributed by atoms with Crippen LogP contribution < -0.4 is 0 Å². The van der Waals surface area contributed by atoms with Gasteiger partial charge >= 0.3 is 0 Å². The summed E-state index contributed by atoms with van der Waals surface area (Å²) in [6.07, 6.45) is 3.61. The second-order valence-corrected chi connectivity index (χ2v) is 3.00. The van der Waals surface area contributed by atoms with Gasteiger partial charge in [0.15, 0.2) is 0 Å². The molecule has 0 bridgehead atoms. The van der Waals surface area contributed by atoms with Crippen molar-refractivity contribution < 1.29 is 0 Å². The fourth-order valence-corrected chi connectivity index (χ4v) is 1.25. The van der Waals surface area contributed by atoms with Crippen LogP contribution in [0, 0.1) is 0 Å². The molecule has 60 valence electrons. The molecule has 0 fully saturated rings. The molecule has 2 heterocycles. The first kappa shape index (κ1) is 7.43. The van der Waals surface area contributed by atoms with Crippen LogP contribution in [0.4, 0.5) is 0 Å². The van der Waals surface area contributed by atoms with Crippen molar-refractivity contribution in [3.8, 4) is 11.4 Å². The van der Waals surface area contributed by atoms with Crippen LogP contribution in [0.3, 0.4) is 0 Å². The standard InChI is InChI=1S/C9H8N2S/c12-7-5-9(11-6-7)8-3-1-2-4-10-8/h1-6,11-12H. The maximum absolute atomic E-state index is 4.20. The van der Waals surface area contributed by atoms with Gasteiger partial charge in [0.05, 0.1) is 11.4 Å². The van der Waals surface area contributed by atoms with Crippen molar-refractivity contribution in [2.75, 3.05) is 0 Å². The highest BCUT2D eigenvalue weighted by atomic mass is 32.1. The van der Waals surface area contributed by atoms with Crippen LogP contribution >= 0.6 is 12.6 Å². The van der Waals surface area contributed by atoms with E-state index in [1.807, 2.05) is 30.5 Å². The molecule has 12 heavy (non-hydrogen) atoms. The summed E-state index contributed by atoms with van der Waals surface area (Å²) in [4.78, 5) is 8.21. The number of nitrogens with zero attached hydrogens (tertiary/aromatic N) is 1. The molecular formula is C9H8N2S. The first-order chi connectivity index (χ1) is 5.86. The Bertz CT molecular complexity index is 367. The number of pyridine rings is 1. The quantitative estimate of drug-likeness (QED) is 0.642. The lowest BCUT2D eigenvalue weighted by molar-refractivity contribution is 1.28. The summed E-state index contributed by atoms with van der Waals surface area (Å²) in [7, 11) is 0. The van der Waals surface area contributed by atoms with Gasteiger partial charge in [-0.3, -0.25) is 4.98 Å². The Morgan fingerprint density at radius 2 is 2.25 bits per heavy atom. The van der Waals surface area contributed by atoms with Gasteiger partial charge in [0, 0.05) is 17.3 Å². The molecule has 0 aliphatic rings. The van der Waals surface area contributed by atoms with E-state index < -0.39 is 0 Å². The van der Waals surface area contributed by atoms with E-state index >= 15 is 0 Å². The predicted octanol–water partition coefficient (Wildman–Crippen LogP) is 2.37. The smallest absolute Gasteiger partial charge is 0.0864 e. The van der Waals surface area contributed by atoms with Crippen LogP contribution in [-0.2, 0) is 0 Å². The summed E-state index contributed by atoms with van der Waals surface area (Å²) in [5.74, 6) is 0. The fraction of sp³-hybridized carbons (Fsp3) is 0. The maximum Gasteiger partial charge on any atom is 0.0864 e. The largest absolute Gasteiger partial charge is 0.359 e. The van der Waals surface area contributed by atoms with Crippen molar-refractivity contribution in [1.82, 2.24) is 9.97 Å². The summed E-state index contributed by atoms with van der Waals surface area (Å²) < 4.78 is 0. The van der Waals surface area contributed by atoms with Gasteiger partial charge in [-0.2, -0.15) is 0 Å². The van der Waals surface area contributed by atoms with Crippen molar-refractivity contribution in [3.63, 3.8) is 0 Å². The topological polar surface area (TPSA) is 28.7 Å². The number of hydrogen-bond donors (Lipinski definition) is 2. The Labute approximate surface area is 76.1 Å². The lowest BCUT2D eigenvalue weighted by Gasteiger charge is -1.93. The van der Waals surface area contributed by atoms with E-state index in [-0.39, 0.29) is 0 Å². The summed E-state index contributed by atoms with van der Waals surface area (Å²) >= 11 is 4.20. The summed E-state index contributed by atoms with van der Waals surface area (Å²) in [6, 6.07) is 7.76. The molecule has 0 spiro atoms. The Morgan fingerprint density at radius 1 is 1.33 bits per heavy atom. The molecule has 1 N–H and O–H groups in total. The number of aromatic amines is 1. The third kappa shape index (κ3) is 1.36. The average molecular weight is 176 g/mol. The summed E-state index contributed by atoms with van der Waals surface area (Å²) in [5.41, 5.74) is 1.94. The SMILES string of the molecule is Sc1c[nH]c(-c2ccccn2)c1. The number of aromatic nitrogens is 2. The third-order valence-electron chi connectivity index (χ3n) is 1.61. The lowest BCUT2D eigenvalue weighted by atomic mass is 10.3. The van der Waals surface area contributed by atoms with E-state index in [0.29, 0.717) is 0 Å². The number of rotatable bonds is 1. The first-order valence-corrected chi connectivity index (χ1v) is 4.10. The zero-order valence-corrected chi connectivity index (χ0v) is 7.25. The van der Waals surface area contributed by atoms with Gasteiger partial charge in [0.2, 0.25) is 0 Å². The van der Waals surface area contributed by atoms with E-state index in [4.69, 9.17) is 0 Å². The predicted molar refractivity (Wildman–Crippen MR) is 51.3 cm³/mol. The first-order valence-electron chi connectivity index (χ1n) is 3.65. The molecule has 0 saturated heterocycles. The van der Waals surface area contributed by atoms with Crippen molar-refractivity contribution in [2.45, 2.75) is 4.90 Å². The fourth-order valence-electron chi connectivity index (χ4n) is 1.05. The van der Waals surface area contributed by atoms with E-state index in [0.717, 1.165) is 16.3 Å². The monoisotopic (exact) mass is 176 g/mol. The molecule has 0 unspecified atom stereocenters. The second kappa shape index (κ2) is 3.03. The number of nitrogens with one attached hydrogen (secondary N) is 1. The number of hydrogen-bond acceptors (Lipinski definition) is 2. The molecule has 3 heteroatoms. The van der Waals surface area contributed by atoms with E-state index in [1.165, 1.54) is 0 Å². The van der Waals surface area contributed by atoms with Crippen LogP contribution in [0.1, 0.15) is 0 Å². The highest BCUT2D eigenvalue weighted by Crippen LogP contribution is 2.17. The van der Waals surface area contributed by atoms with Gasteiger partial charge in [0.1, 0.15) is 0 Å². The van der Waals surface area contributed by atoms with E-state index in [9.17, 15) is 0 Å². The highest BCUT2D eigenvalue weighted by molar-refractivity contribution is 7.80. The van der Waals surface area contributed by atoms with Crippen LogP contribution in [0.5, 0.6) is 0 Å². The molecule has 0 aliphatic carbocycles. The zero-order valence-electron chi connectivity index (χ0n) is 6.36. The molecule has 0 saturated carbocycles. The van der Waals surface area contributed by atoms with Crippen molar-refractivity contribution >= 4 is 12.6 Å². The molecule has 0 radical (unpaired) electrons. The van der Waals surface area contributed by atoms with Gasteiger partial charge in [-0.25, -0.2) is 0 Å². The van der Waals surface area contributed by atoms with Crippen molar-refractivity contribution in [3.05, 3.63) is 36.7 Å². The Kier molecular flexibility index (Phi) is 1.87. The Morgan fingerprint density at radius 3 is 2.83 bits per heavy atom. The molecule has 2 aromatic heterocycles. The summed E-state index contributed by atoms with van der Waals surface area (Å²) in [6.45, 7) is 0. The minimum absolute atomic E-state index is 0.927.